The van der Waals surface area contributed by atoms with Crippen LogP contribution in [0.2, 0.25) is 5.15 Å². The summed E-state index contributed by atoms with van der Waals surface area (Å²) in [4.78, 5) is 15.6. The largest absolute Gasteiger partial charge is 0.496 e. The Morgan fingerprint density at radius 3 is 2.55 bits per heavy atom. The maximum atomic E-state index is 13.3. The van der Waals surface area contributed by atoms with Crippen molar-refractivity contribution in [2.45, 2.75) is 25.3 Å². The number of pyridine rings is 1. The van der Waals surface area contributed by atoms with E-state index in [0.29, 0.717) is 22.6 Å². The number of methoxy groups -OCH3 is 1. The molecule has 1 aromatic carbocycles. The van der Waals surface area contributed by atoms with Crippen molar-refractivity contribution in [2.24, 2.45) is 0 Å². The highest BCUT2D eigenvalue weighted by Gasteiger charge is 2.29. The van der Waals surface area contributed by atoms with Gasteiger partial charge in [-0.05, 0) is 44.2 Å². The number of aryl methyl sites for hydroxylation is 1. The number of ketones is 1. The van der Waals surface area contributed by atoms with E-state index in [1.54, 1.807) is 25.1 Å². The Bertz CT molecular complexity index is 1140. The van der Waals surface area contributed by atoms with E-state index in [4.69, 9.17) is 20.9 Å². The Labute approximate surface area is 173 Å². The van der Waals surface area contributed by atoms with E-state index in [0.717, 1.165) is 4.31 Å². The average molecular weight is 436 g/mol. The number of rotatable bonds is 7. The number of hydrogen-bond donors (Lipinski definition) is 0. The van der Waals surface area contributed by atoms with Gasteiger partial charge in [0.25, 0.3) is 10.0 Å². The molecule has 8 nitrogen and oxygen atoms in total. The van der Waals surface area contributed by atoms with E-state index in [1.165, 1.54) is 38.4 Å². The molecular formula is C19H18ClN3O5S. The average Bonchev–Trinajstić information content (AvgIpc) is 3.11. The summed E-state index contributed by atoms with van der Waals surface area (Å²) >= 11 is 5.78. The normalized spacial score (nSPS) is 11.3. The molecule has 0 bridgehead atoms. The minimum Gasteiger partial charge on any atom is -0.496 e. The van der Waals surface area contributed by atoms with Crippen LogP contribution in [0.25, 0.3) is 0 Å². The molecule has 29 heavy (non-hydrogen) atoms. The predicted molar refractivity (Wildman–Crippen MR) is 107 cm³/mol. The summed E-state index contributed by atoms with van der Waals surface area (Å²) in [6.07, 6.45) is 1.17. The Balaban J connectivity index is 2.12. The highest BCUT2D eigenvalue weighted by molar-refractivity contribution is 7.92. The van der Waals surface area contributed by atoms with Gasteiger partial charge in [-0.1, -0.05) is 16.8 Å². The fourth-order valence-electron chi connectivity index (χ4n) is 2.68. The number of halogens is 1. The van der Waals surface area contributed by atoms with Crippen molar-refractivity contribution in [3.8, 4) is 5.75 Å². The van der Waals surface area contributed by atoms with E-state index in [-0.39, 0.29) is 28.2 Å². The summed E-state index contributed by atoms with van der Waals surface area (Å²) in [5, 5.41) is 4.02. The van der Waals surface area contributed by atoms with Gasteiger partial charge in [0.05, 0.1) is 13.7 Å². The maximum Gasteiger partial charge on any atom is 0.267 e. The number of aromatic nitrogens is 2. The lowest BCUT2D eigenvalue weighted by atomic mass is 10.1. The monoisotopic (exact) mass is 435 g/mol. The quantitative estimate of drug-likeness (QED) is 0.412. The van der Waals surface area contributed by atoms with Crippen molar-refractivity contribution in [1.82, 2.24) is 10.1 Å². The minimum absolute atomic E-state index is 0.0655. The van der Waals surface area contributed by atoms with Crippen LogP contribution in [0.1, 0.15) is 28.6 Å². The molecule has 0 aliphatic rings. The second kappa shape index (κ2) is 8.22. The SMILES string of the molecule is COc1ccc(C(C)=O)cc1CN(c1cc(C)on1)S(=O)(=O)c1ccc(Cl)nc1. The standard InChI is InChI=1S/C19H18ClN3O5S/c1-12-8-19(22-28-12)23(29(25,26)16-5-7-18(20)21-10-16)11-15-9-14(13(2)24)4-6-17(15)27-3/h4-10H,11H2,1-3H3. The molecule has 0 aliphatic carbocycles. The van der Waals surface area contributed by atoms with Gasteiger partial charge in [0.15, 0.2) is 11.6 Å². The Hall–Kier alpha value is -2.91. The second-order valence-electron chi connectivity index (χ2n) is 6.21. The summed E-state index contributed by atoms with van der Waals surface area (Å²) in [7, 11) is -2.60. The molecule has 10 heteroatoms. The number of benzene rings is 1. The second-order valence-corrected chi connectivity index (χ2v) is 8.46. The van der Waals surface area contributed by atoms with Gasteiger partial charge in [-0.2, -0.15) is 0 Å². The molecule has 0 unspecified atom stereocenters. The van der Waals surface area contributed by atoms with Crippen LogP contribution >= 0.6 is 11.6 Å². The fourth-order valence-corrected chi connectivity index (χ4v) is 4.11. The lowest BCUT2D eigenvalue weighted by Gasteiger charge is -2.23. The highest BCUT2D eigenvalue weighted by Crippen LogP contribution is 2.29. The molecule has 0 atom stereocenters. The molecule has 3 aromatic rings. The number of anilines is 1. The molecule has 2 aromatic heterocycles. The first kappa shape index (κ1) is 20.8. The van der Waals surface area contributed by atoms with Crippen LogP contribution in [-0.4, -0.2) is 31.5 Å². The number of Topliss-reactive ketones (excluding diaryl/α,β-unsaturated/α-hetero) is 1. The number of ether oxygens (including phenoxy) is 1. The van der Waals surface area contributed by atoms with Gasteiger partial charge in [-0.25, -0.2) is 17.7 Å². The minimum atomic E-state index is -4.06. The summed E-state index contributed by atoms with van der Waals surface area (Å²) in [5.74, 6) is 0.818. The van der Waals surface area contributed by atoms with Crippen molar-refractivity contribution < 1.29 is 22.5 Å². The van der Waals surface area contributed by atoms with Crippen molar-refractivity contribution >= 4 is 33.2 Å². The molecule has 0 radical (unpaired) electrons. The third kappa shape index (κ3) is 4.41. The van der Waals surface area contributed by atoms with Crippen molar-refractivity contribution in [3.63, 3.8) is 0 Å². The maximum absolute atomic E-state index is 13.3. The molecule has 152 valence electrons. The zero-order valence-electron chi connectivity index (χ0n) is 15.9. The Morgan fingerprint density at radius 2 is 2.00 bits per heavy atom. The third-order valence-electron chi connectivity index (χ3n) is 4.16. The van der Waals surface area contributed by atoms with Crippen LogP contribution in [0, 0.1) is 6.92 Å². The first-order valence-electron chi connectivity index (χ1n) is 8.48. The van der Waals surface area contributed by atoms with E-state index in [2.05, 4.69) is 10.1 Å². The van der Waals surface area contributed by atoms with Crippen LogP contribution in [-0.2, 0) is 16.6 Å². The number of carbonyl (C=O) groups excluding carboxylic acids is 1. The number of sulfonamides is 1. The molecule has 0 saturated carbocycles. The lowest BCUT2D eigenvalue weighted by molar-refractivity contribution is 0.101. The smallest absolute Gasteiger partial charge is 0.267 e. The van der Waals surface area contributed by atoms with Crippen molar-refractivity contribution in [2.75, 3.05) is 11.4 Å². The number of carbonyl (C=O) groups is 1. The topological polar surface area (TPSA) is 103 Å². The van der Waals surface area contributed by atoms with E-state index < -0.39 is 10.0 Å². The van der Waals surface area contributed by atoms with Gasteiger partial charge < -0.3 is 9.26 Å². The van der Waals surface area contributed by atoms with E-state index >= 15 is 0 Å². The van der Waals surface area contributed by atoms with Gasteiger partial charge in [-0.15, -0.1) is 0 Å². The molecule has 0 saturated heterocycles. The van der Waals surface area contributed by atoms with Gasteiger partial charge >= 0.3 is 0 Å². The third-order valence-corrected chi connectivity index (χ3v) is 6.12. The van der Waals surface area contributed by atoms with Crippen LogP contribution in [0.5, 0.6) is 5.75 Å². The number of hydrogen-bond acceptors (Lipinski definition) is 7. The van der Waals surface area contributed by atoms with Gasteiger partial charge in [0.2, 0.25) is 0 Å². The molecule has 2 heterocycles. The summed E-state index contributed by atoms with van der Waals surface area (Å²) in [6.45, 7) is 2.95. The highest BCUT2D eigenvalue weighted by atomic mass is 35.5. The fraction of sp³-hybridized carbons (Fsp3) is 0.211. The molecular weight excluding hydrogens is 418 g/mol. The summed E-state index contributed by atoms with van der Waals surface area (Å²) < 4.78 is 38.1. The molecule has 0 N–H and O–H groups in total. The summed E-state index contributed by atoms with van der Waals surface area (Å²) in [5.41, 5.74) is 0.925. The molecule has 0 amide bonds. The number of nitrogens with zero attached hydrogens (tertiary/aromatic N) is 3. The predicted octanol–water partition coefficient (Wildman–Crippen LogP) is 3.64. The molecule has 0 spiro atoms. The van der Waals surface area contributed by atoms with Crippen molar-refractivity contribution in [3.05, 3.63) is 64.6 Å². The molecule has 0 fully saturated rings. The van der Waals surface area contributed by atoms with Crippen LogP contribution in [0.4, 0.5) is 5.82 Å². The summed E-state index contributed by atoms with van der Waals surface area (Å²) in [6, 6.07) is 9.08. The van der Waals surface area contributed by atoms with Gasteiger partial charge in [0.1, 0.15) is 21.6 Å². The van der Waals surface area contributed by atoms with Crippen molar-refractivity contribution in [1.29, 1.82) is 0 Å². The first-order valence-corrected chi connectivity index (χ1v) is 10.3. The van der Waals surface area contributed by atoms with Crippen LogP contribution in [0.15, 0.2) is 52.0 Å². The van der Waals surface area contributed by atoms with E-state index in [1.807, 2.05) is 0 Å². The van der Waals surface area contributed by atoms with E-state index in [9.17, 15) is 13.2 Å². The van der Waals surface area contributed by atoms with Crippen LogP contribution < -0.4 is 9.04 Å². The van der Waals surface area contributed by atoms with Gasteiger partial charge in [-0.3, -0.25) is 4.79 Å². The van der Waals surface area contributed by atoms with Crippen LogP contribution in [0.3, 0.4) is 0 Å². The van der Waals surface area contributed by atoms with Gasteiger partial charge in [0, 0.05) is 23.4 Å². The lowest BCUT2D eigenvalue weighted by Crippen LogP contribution is -2.31. The Kier molecular flexibility index (Phi) is 5.90. The molecule has 3 rings (SSSR count). The zero-order valence-corrected chi connectivity index (χ0v) is 17.5. The Morgan fingerprint density at radius 1 is 1.24 bits per heavy atom. The first-order chi connectivity index (χ1) is 13.7. The molecule has 0 aliphatic heterocycles. The zero-order chi connectivity index (χ0) is 21.2.